The first-order valence-electron chi connectivity index (χ1n) is 9.43. The number of benzene rings is 3. The summed E-state index contributed by atoms with van der Waals surface area (Å²) in [6.07, 6.45) is 1.66. The molecule has 2 heterocycles. The summed E-state index contributed by atoms with van der Waals surface area (Å²) in [5.41, 5.74) is 8.82. The Labute approximate surface area is 191 Å². The fraction of sp³-hybridized carbons (Fsp3) is 0.0455. The average molecular weight is 470 g/mol. The van der Waals surface area contributed by atoms with Crippen LogP contribution in [0.3, 0.4) is 0 Å². The first-order valence-corrected chi connectivity index (χ1v) is 10.2. The number of hydrogen-bond acceptors (Lipinski definition) is 6. The van der Waals surface area contributed by atoms with Crippen molar-refractivity contribution in [3.63, 3.8) is 0 Å². The molecule has 0 bridgehead atoms. The van der Waals surface area contributed by atoms with E-state index in [1.807, 2.05) is 18.2 Å². The molecule has 0 atom stereocenters. The van der Waals surface area contributed by atoms with Gasteiger partial charge in [0.1, 0.15) is 5.75 Å². The zero-order valence-electron chi connectivity index (χ0n) is 16.3. The minimum absolute atomic E-state index is 0.0519. The fourth-order valence-electron chi connectivity index (χ4n) is 3.24. The molecule has 5 aromatic rings. The molecule has 0 saturated carbocycles. The van der Waals surface area contributed by atoms with Crippen molar-refractivity contribution in [2.24, 2.45) is 0 Å². The lowest BCUT2D eigenvalue weighted by atomic mass is 10.1. The molecular formula is C22H14Cl2FN5O2. The monoisotopic (exact) mass is 469 g/mol. The number of nitrogens with one attached hydrogen (secondary N) is 1. The van der Waals surface area contributed by atoms with Crippen molar-refractivity contribution in [2.75, 3.05) is 5.73 Å². The molecule has 7 nitrogen and oxygen atoms in total. The van der Waals surface area contributed by atoms with Crippen LogP contribution in [0.5, 0.6) is 11.5 Å². The van der Waals surface area contributed by atoms with Crippen molar-refractivity contribution in [2.45, 2.75) is 6.42 Å². The number of imidazole rings is 1. The van der Waals surface area contributed by atoms with Gasteiger partial charge in [-0.3, -0.25) is 0 Å². The molecule has 3 N–H and O–H groups in total. The Hall–Kier alpha value is -3.62. The van der Waals surface area contributed by atoms with Gasteiger partial charge in [-0.25, -0.2) is 9.37 Å². The van der Waals surface area contributed by atoms with Gasteiger partial charge >= 0.3 is 0 Å². The van der Waals surface area contributed by atoms with Gasteiger partial charge < -0.3 is 19.9 Å². The highest BCUT2D eigenvalue weighted by molar-refractivity contribution is 6.32. The number of nitrogen functional groups attached to an aromatic ring is 1. The molecule has 0 radical (unpaired) electrons. The second-order valence-electron chi connectivity index (χ2n) is 6.98. The Balaban J connectivity index is 1.41. The minimum atomic E-state index is -0.644. The number of ether oxygens (including phenoxy) is 1. The van der Waals surface area contributed by atoms with Crippen LogP contribution >= 0.6 is 23.2 Å². The van der Waals surface area contributed by atoms with Crippen LogP contribution in [0, 0.1) is 5.82 Å². The molecule has 0 aliphatic heterocycles. The maximum Gasteiger partial charge on any atom is 0.247 e. The maximum atomic E-state index is 15.2. The van der Waals surface area contributed by atoms with Crippen molar-refractivity contribution in [1.29, 1.82) is 0 Å². The summed E-state index contributed by atoms with van der Waals surface area (Å²) < 4.78 is 26.6. The molecule has 5 rings (SSSR count). The molecule has 0 aliphatic rings. The van der Waals surface area contributed by atoms with Gasteiger partial charge in [0.2, 0.25) is 11.8 Å². The van der Waals surface area contributed by atoms with E-state index in [-0.39, 0.29) is 34.4 Å². The number of fused-ring (bicyclic) bond motifs is 1. The Morgan fingerprint density at radius 3 is 2.78 bits per heavy atom. The van der Waals surface area contributed by atoms with E-state index in [0.717, 1.165) is 16.6 Å². The number of nitrogens with two attached hydrogens (primary N) is 1. The van der Waals surface area contributed by atoms with E-state index in [4.69, 9.17) is 38.1 Å². The number of aromatic amines is 1. The Morgan fingerprint density at radius 1 is 1.06 bits per heavy atom. The predicted molar refractivity (Wildman–Crippen MR) is 120 cm³/mol. The number of hydrogen-bond donors (Lipinski definition) is 2. The van der Waals surface area contributed by atoms with E-state index in [2.05, 4.69) is 20.2 Å². The van der Waals surface area contributed by atoms with Gasteiger partial charge in [-0.1, -0.05) is 29.3 Å². The predicted octanol–water partition coefficient (Wildman–Crippen LogP) is 6.02. The van der Waals surface area contributed by atoms with E-state index < -0.39 is 5.82 Å². The van der Waals surface area contributed by atoms with Crippen LogP contribution in [-0.4, -0.2) is 20.2 Å². The third-order valence-corrected chi connectivity index (χ3v) is 5.23. The minimum Gasteiger partial charge on any atom is -0.453 e. The maximum absolute atomic E-state index is 15.2. The highest BCUT2D eigenvalue weighted by atomic mass is 35.5. The zero-order valence-corrected chi connectivity index (χ0v) is 17.8. The van der Waals surface area contributed by atoms with Crippen LogP contribution in [0.4, 0.5) is 10.1 Å². The van der Waals surface area contributed by atoms with Gasteiger partial charge in [0.15, 0.2) is 11.6 Å². The second-order valence-corrected chi connectivity index (χ2v) is 7.83. The van der Waals surface area contributed by atoms with Crippen LogP contribution in [0.25, 0.3) is 22.5 Å². The number of nitrogens with zero attached hydrogens (tertiary/aromatic N) is 3. The van der Waals surface area contributed by atoms with Crippen molar-refractivity contribution in [3.05, 3.63) is 82.2 Å². The first-order chi connectivity index (χ1) is 15.5. The molecule has 3 aromatic carbocycles. The molecule has 0 aliphatic carbocycles. The molecule has 0 fully saturated rings. The molecular weight excluding hydrogens is 456 g/mol. The molecule has 32 heavy (non-hydrogen) atoms. The van der Waals surface area contributed by atoms with Gasteiger partial charge in [0.25, 0.3) is 0 Å². The van der Waals surface area contributed by atoms with Crippen LogP contribution in [0.2, 0.25) is 10.0 Å². The van der Waals surface area contributed by atoms with Crippen LogP contribution in [0.1, 0.15) is 11.5 Å². The van der Waals surface area contributed by atoms with Crippen LogP contribution in [0.15, 0.2) is 59.3 Å². The number of rotatable bonds is 5. The van der Waals surface area contributed by atoms with E-state index in [9.17, 15) is 0 Å². The lowest BCUT2D eigenvalue weighted by Crippen LogP contribution is -1.98. The summed E-state index contributed by atoms with van der Waals surface area (Å²) in [5, 5.41) is 8.57. The normalized spacial score (nSPS) is 11.2. The second kappa shape index (κ2) is 8.14. The smallest absolute Gasteiger partial charge is 0.247 e. The largest absolute Gasteiger partial charge is 0.453 e. The third kappa shape index (κ3) is 3.98. The number of halogens is 3. The Bertz CT molecular complexity index is 1430. The molecule has 10 heteroatoms. The van der Waals surface area contributed by atoms with Crippen LogP contribution < -0.4 is 10.5 Å². The lowest BCUT2D eigenvalue weighted by molar-refractivity contribution is 0.437. The van der Waals surface area contributed by atoms with Crippen LogP contribution in [-0.2, 0) is 6.42 Å². The summed E-state index contributed by atoms with van der Waals surface area (Å²) in [5.74, 6) is 0.0350. The molecule has 0 amide bonds. The lowest BCUT2D eigenvalue weighted by Gasteiger charge is -2.12. The van der Waals surface area contributed by atoms with Crippen molar-refractivity contribution in [3.8, 4) is 23.0 Å². The average Bonchev–Trinajstić information content (AvgIpc) is 3.41. The number of H-pyrrole nitrogens is 1. The quantitative estimate of drug-likeness (QED) is 0.305. The molecule has 160 valence electrons. The van der Waals surface area contributed by atoms with E-state index in [1.54, 1.807) is 12.4 Å². The van der Waals surface area contributed by atoms with Crippen molar-refractivity contribution < 1.29 is 13.5 Å². The van der Waals surface area contributed by atoms with Gasteiger partial charge in [-0.15, -0.1) is 10.2 Å². The summed E-state index contributed by atoms with van der Waals surface area (Å²) in [6.45, 7) is 0. The molecule has 0 spiro atoms. The van der Waals surface area contributed by atoms with E-state index >= 15 is 4.39 Å². The zero-order chi connectivity index (χ0) is 22.2. The van der Waals surface area contributed by atoms with E-state index in [0.29, 0.717) is 16.6 Å². The highest BCUT2D eigenvalue weighted by Crippen LogP contribution is 2.36. The van der Waals surface area contributed by atoms with Crippen molar-refractivity contribution in [1.82, 2.24) is 20.2 Å². The molecule has 0 unspecified atom stereocenters. The fourth-order valence-corrected chi connectivity index (χ4v) is 3.66. The highest BCUT2D eigenvalue weighted by Gasteiger charge is 2.18. The Kier molecular flexibility index (Phi) is 5.16. The Morgan fingerprint density at radius 2 is 1.94 bits per heavy atom. The van der Waals surface area contributed by atoms with Gasteiger partial charge in [-0.05, 0) is 36.4 Å². The summed E-state index contributed by atoms with van der Waals surface area (Å²) in [6, 6.07) is 13.2. The standard InChI is InChI=1S/C22H14Cl2FN5O2/c23-13-7-14(26)9-15(8-13)31-21-16(24)3-1-11(20(21)25)6-19-29-30-22(32-19)12-2-4-17-18(5-12)28-10-27-17/h1-5,7-10H,6,26H2,(H,27,28). The third-order valence-electron chi connectivity index (χ3n) is 4.72. The SMILES string of the molecule is Nc1cc(Cl)cc(Oc2c(Cl)ccc(Cc3nnc(-c4ccc5nc[nH]c5c4)o3)c2F)c1. The van der Waals surface area contributed by atoms with Gasteiger partial charge in [0.05, 0.1) is 28.8 Å². The number of aromatic nitrogens is 4. The summed E-state index contributed by atoms with van der Waals surface area (Å²) in [4.78, 5) is 7.21. The summed E-state index contributed by atoms with van der Waals surface area (Å²) >= 11 is 12.2. The summed E-state index contributed by atoms with van der Waals surface area (Å²) in [7, 11) is 0. The first kappa shape index (κ1) is 20.3. The van der Waals surface area contributed by atoms with Gasteiger partial charge in [0, 0.05) is 27.9 Å². The molecule has 2 aromatic heterocycles. The van der Waals surface area contributed by atoms with E-state index in [1.165, 1.54) is 24.3 Å². The molecule has 0 saturated heterocycles. The van der Waals surface area contributed by atoms with Gasteiger partial charge in [-0.2, -0.15) is 0 Å². The van der Waals surface area contributed by atoms with Crippen molar-refractivity contribution >= 4 is 39.9 Å². The topological polar surface area (TPSA) is 103 Å². The number of anilines is 1.